The van der Waals surface area contributed by atoms with Gasteiger partial charge < -0.3 is 5.32 Å². The average Bonchev–Trinajstić information content (AvgIpc) is 2.28. The van der Waals surface area contributed by atoms with Crippen molar-refractivity contribution < 1.29 is 9.59 Å². The van der Waals surface area contributed by atoms with Crippen LogP contribution in [0.25, 0.3) is 0 Å². The lowest BCUT2D eigenvalue weighted by Gasteiger charge is -1.95. The molecule has 0 aromatic heterocycles. The van der Waals surface area contributed by atoms with Crippen LogP contribution in [0.2, 0.25) is 0 Å². The number of ketones is 1. The van der Waals surface area contributed by atoms with Gasteiger partial charge in [0.15, 0.2) is 0 Å². The second-order valence-electron chi connectivity index (χ2n) is 2.47. The predicted octanol–water partition coefficient (Wildman–Crippen LogP) is 1.43. The Labute approximate surface area is 82.3 Å². The zero-order valence-corrected chi connectivity index (χ0v) is 8.08. The first-order valence-corrected chi connectivity index (χ1v) is 4.41. The van der Waals surface area contributed by atoms with Crippen LogP contribution in [0.15, 0.2) is 18.2 Å². The normalized spacial score (nSPS) is 14.4. The number of rotatable bonds is 0. The van der Waals surface area contributed by atoms with Crippen molar-refractivity contribution in [2.45, 2.75) is 0 Å². The summed E-state index contributed by atoms with van der Waals surface area (Å²) in [7, 11) is 0. The van der Waals surface area contributed by atoms with Crippen molar-refractivity contribution in [1.29, 1.82) is 0 Å². The summed E-state index contributed by atoms with van der Waals surface area (Å²) in [6.07, 6.45) is 0. The van der Waals surface area contributed by atoms with E-state index >= 15 is 0 Å². The van der Waals surface area contributed by atoms with Crippen LogP contribution in [0, 0.1) is 3.57 Å². The minimum atomic E-state index is -0.535. The van der Waals surface area contributed by atoms with Gasteiger partial charge in [-0.3, -0.25) is 9.59 Å². The number of hydrogen-bond acceptors (Lipinski definition) is 2. The Morgan fingerprint density at radius 1 is 1.25 bits per heavy atom. The van der Waals surface area contributed by atoms with Crippen molar-refractivity contribution in [1.82, 2.24) is 0 Å². The molecule has 1 aliphatic rings. The molecule has 0 atom stereocenters. The van der Waals surface area contributed by atoms with E-state index in [1.54, 1.807) is 18.2 Å². The van der Waals surface area contributed by atoms with E-state index in [0.717, 1.165) is 3.57 Å². The zero-order chi connectivity index (χ0) is 8.72. The zero-order valence-electron chi connectivity index (χ0n) is 5.93. The highest BCUT2D eigenvalue weighted by atomic mass is 127. The minimum Gasteiger partial charge on any atom is -0.318 e. The fraction of sp³-hybridized carbons (Fsp3) is 0. The Bertz CT molecular complexity index is 387. The SMILES string of the molecule is O=C1Nc2cc(I)ccc2C1=O. The lowest BCUT2D eigenvalue weighted by molar-refractivity contribution is -0.112. The third-order valence-corrected chi connectivity index (χ3v) is 2.35. The maximum atomic E-state index is 11.1. The van der Waals surface area contributed by atoms with Crippen LogP contribution >= 0.6 is 22.6 Å². The molecule has 4 heteroatoms. The lowest BCUT2D eigenvalue weighted by atomic mass is 10.1. The molecule has 0 spiro atoms. The van der Waals surface area contributed by atoms with E-state index in [2.05, 4.69) is 27.9 Å². The molecule has 1 aromatic carbocycles. The molecule has 1 N–H and O–H groups in total. The van der Waals surface area contributed by atoms with E-state index in [-0.39, 0.29) is 0 Å². The summed E-state index contributed by atoms with van der Waals surface area (Å²) in [6, 6.07) is 5.24. The van der Waals surface area contributed by atoms with Gasteiger partial charge in [-0.1, -0.05) is 0 Å². The molecule has 0 aliphatic carbocycles. The molecule has 12 heavy (non-hydrogen) atoms. The van der Waals surface area contributed by atoms with E-state index in [4.69, 9.17) is 0 Å². The quantitative estimate of drug-likeness (QED) is 0.574. The summed E-state index contributed by atoms with van der Waals surface area (Å²) in [6.45, 7) is 0. The molecule has 1 aromatic rings. The number of hydrogen-bond donors (Lipinski definition) is 1. The summed E-state index contributed by atoms with van der Waals surface area (Å²) >= 11 is 2.12. The second kappa shape index (κ2) is 2.55. The molecule has 0 radical (unpaired) electrons. The highest BCUT2D eigenvalue weighted by Crippen LogP contribution is 2.24. The first kappa shape index (κ1) is 7.72. The topological polar surface area (TPSA) is 46.2 Å². The Hall–Kier alpha value is -0.910. The van der Waals surface area contributed by atoms with Gasteiger partial charge in [0.1, 0.15) is 0 Å². The molecule has 1 amide bonds. The van der Waals surface area contributed by atoms with Crippen molar-refractivity contribution >= 4 is 40.0 Å². The Morgan fingerprint density at radius 2 is 2.00 bits per heavy atom. The number of halogens is 1. The number of carbonyl (C=O) groups is 2. The fourth-order valence-corrected chi connectivity index (χ4v) is 1.61. The van der Waals surface area contributed by atoms with E-state index < -0.39 is 11.7 Å². The number of amides is 1. The van der Waals surface area contributed by atoms with Gasteiger partial charge in [0.2, 0.25) is 0 Å². The van der Waals surface area contributed by atoms with Crippen molar-refractivity contribution in [3.05, 3.63) is 27.3 Å². The molecule has 0 saturated heterocycles. The molecule has 0 fully saturated rings. The summed E-state index contributed by atoms with van der Waals surface area (Å²) in [4.78, 5) is 22.0. The molecule has 1 heterocycles. The number of benzene rings is 1. The number of fused-ring (bicyclic) bond motifs is 1. The van der Waals surface area contributed by atoms with Gasteiger partial charge in [0.25, 0.3) is 11.7 Å². The van der Waals surface area contributed by atoms with Crippen LogP contribution in [-0.4, -0.2) is 11.7 Å². The smallest absolute Gasteiger partial charge is 0.296 e. The Balaban J connectivity index is 2.62. The maximum absolute atomic E-state index is 11.1. The molecule has 0 saturated carbocycles. The molecule has 0 bridgehead atoms. The van der Waals surface area contributed by atoms with Gasteiger partial charge in [-0.05, 0) is 40.8 Å². The van der Waals surface area contributed by atoms with Crippen LogP contribution in [0.5, 0.6) is 0 Å². The molecule has 2 rings (SSSR count). The van der Waals surface area contributed by atoms with Crippen molar-refractivity contribution in [3.8, 4) is 0 Å². The third-order valence-electron chi connectivity index (χ3n) is 1.68. The van der Waals surface area contributed by atoms with Gasteiger partial charge in [-0.2, -0.15) is 0 Å². The van der Waals surface area contributed by atoms with E-state index in [1.807, 2.05) is 0 Å². The van der Waals surface area contributed by atoms with Crippen LogP contribution in [-0.2, 0) is 4.79 Å². The first-order valence-electron chi connectivity index (χ1n) is 3.34. The highest BCUT2D eigenvalue weighted by Gasteiger charge is 2.27. The van der Waals surface area contributed by atoms with E-state index in [9.17, 15) is 9.59 Å². The molecular formula is C8H4INO2. The maximum Gasteiger partial charge on any atom is 0.296 e. The van der Waals surface area contributed by atoms with Gasteiger partial charge in [0, 0.05) is 3.57 Å². The van der Waals surface area contributed by atoms with Gasteiger partial charge in [-0.25, -0.2) is 0 Å². The lowest BCUT2D eigenvalue weighted by Crippen LogP contribution is -2.12. The van der Waals surface area contributed by atoms with Crippen molar-refractivity contribution in [3.63, 3.8) is 0 Å². The number of carbonyl (C=O) groups excluding carboxylic acids is 2. The summed E-state index contributed by atoms with van der Waals surface area (Å²) in [5.41, 5.74) is 1.09. The van der Waals surface area contributed by atoms with Gasteiger partial charge in [0.05, 0.1) is 11.3 Å². The van der Waals surface area contributed by atoms with Crippen molar-refractivity contribution in [2.75, 3.05) is 5.32 Å². The summed E-state index contributed by atoms with van der Waals surface area (Å²) in [5.74, 6) is -0.978. The number of Topliss-reactive ketones (excluding diaryl/α,β-unsaturated/α-hetero) is 1. The third kappa shape index (κ3) is 1.03. The van der Waals surface area contributed by atoms with Gasteiger partial charge >= 0.3 is 0 Å². The molecule has 3 nitrogen and oxygen atoms in total. The van der Waals surface area contributed by atoms with Crippen molar-refractivity contribution in [2.24, 2.45) is 0 Å². The summed E-state index contributed by atoms with van der Waals surface area (Å²) < 4.78 is 1.00. The largest absolute Gasteiger partial charge is 0.318 e. The monoisotopic (exact) mass is 273 g/mol. The summed E-state index contributed by atoms with van der Waals surface area (Å²) in [5, 5.41) is 2.49. The van der Waals surface area contributed by atoms with Gasteiger partial charge in [-0.15, -0.1) is 0 Å². The fourth-order valence-electron chi connectivity index (χ4n) is 1.12. The second-order valence-corrected chi connectivity index (χ2v) is 3.72. The standard InChI is InChI=1S/C8H4INO2/c9-4-1-2-5-6(3-4)10-8(12)7(5)11/h1-3H,(H,10,11,12). The Morgan fingerprint density at radius 3 is 2.75 bits per heavy atom. The number of nitrogens with one attached hydrogen (secondary N) is 1. The minimum absolute atomic E-state index is 0.443. The highest BCUT2D eigenvalue weighted by molar-refractivity contribution is 14.1. The van der Waals surface area contributed by atoms with Crippen LogP contribution in [0.3, 0.4) is 0 Å². The van der Waals surface area contributed by atoms with E-state index in [1.165, 1.54) is 0 Å². The predicted molar refractivity (Wildman–Crippen MR) is 52.1 cm³/mol. The Kier molecular flexibility index (Phi) is 1.64. The first-order chi connectivity index (χ1) is 5.68. The molecular weight excluding hydrogens is 269 g/mol. The van der Waals surface area contributed by atoms with E-state index in [0.29, 0.717) is 11.3 Å². The van der Waals surface area contributed by atoms with Crippen LogP contribution in [0.1, 0.15) is 10.4 Å². The van der Waals surface area contributed by atoms with Crippen LogP contribution in [0.4, 0.5) is 5.69 Å². The number of anilines is 1. The molecule has 60 valence electrons. The average molecular weight is 273 g/mol. The van der Waals surface area contributed by atoms with Crippen LogP contribution < -0.4 is 5.32 Å². The molecule has 0 unspecified atom stereocenters. The molecule has 1 aliphatic heterocycles.